The highest BCUT2D eigenvalue weighted by Gasteiger charge is 2.15. The highest BCUT2D eigenvalue weighted by atomic mass is 32.1. The van der Waals surface area contributed by atoms with E-state index in [9.17, 15) is 5.26 Å². The number of aryl methyl sites for hydroxylation is 2. The van der Waals surface area contributed by atoms with Gasteiger partial charge in [0, 0.05) is 11.1 Å². The number of aromatic nitrogens is 3. The fourth-order valence-corrected chi connectivity index (χ4v) is 2.66. The van der Waals surface area contributed by atoms with E-state index < -0.39 is 0 Å². The Balaban J connectivity index is 2.26. The van der Waals surface area contributed by atoms with Crippen molar-refractivity contribution in [3.05, 3.63) is 32.9 Å². The van der Waals surface area contributed by atoms with E-state index in [4.69, 9.17) is 0 Å². The lowest BCUT2D eigenvalue weighted by atomic mass is 10.1. The Hall–Kier alpha value is -2.00. The predicted octanol–water partition coefficient (Wildman–Crippen LogP) is 3.16. The van der Waals surface area contributed by atoms with Gasteiger partial charge in [0.05, 0.1) is 11.7 Å². The Kier molecular flexibility index (Phi) is 4.30. The van der Waals surface area contributed by atoms with Crippen LogP contribution < -0.4 is 5.32 Å². The molecule has 0 bridgehead atoms. The summed E-state index contributed by atoms with van der Waals surface area (Å²) >= 11 is 1.68. The van der Waals surface area contributed by atoms with Gasteiger partial charge in [-0.2, -0.15) is 10.4 Å². The molecule has 0 aromatic carbocycles. The maximum Gasteiger partial charge on any atom is 0.167 e. The van der Waals surface area contributed by atoms with E-state index in [-0.39, 0.29) is 6.04 Å². The number of nitriles is 1. The maximum absolute atomic E-state index is 9.28. The summed E-state index contributed by atoms with van der Waals surface area (Å²) in [5, 5.41) is 21.7. The van der Waals surface area contributed by atoms with E-state index in [0.717, 1.165) is 22.7 Å². The molecule has 5 nitrogen and oxygen atoms in total. The molecule has 0 spiro atoms. The molecule has 2 aromatic heterocycles. The van der Waals surface area contributed by atoms with Crippen LogP contribution in [0.2, 0.25) is 0 Å². The van der Waals surface area contributed by atoms with Gasteiger partial charge in [0.25, 0.3) is 0 Å². The molecule has 0 amide bonds. The maximum atomic E-state index is 9.28. The predicted molar refractivity (Wildman–Crippen MR) is 79.8 cm³/mol. The van der Waals surface area contributed by atoms with Crippen LogP contribution in [0.15, 0.2) is 6.20 Å². The number of nitrogens with zero attached hydrogens (tertiary/aromatic N) is 4. The van der Waals surface area contributed by atoms with Crippen LogP contribution in [0, 0.1) is 25.2 Å². The summed E-state index contributed by atoms with van der Waals surface area (Å²) in [4.78, 5) is 5.65. The molecule has 0 aliphatic carbocycles. The number of nitrogens with one attached hydrogen (secondary N) is 1. The van der Waals surface area contributed by atoms with Crippen LogP contribution in [0.5, 0.6) is 0 Å². The number of rotatable bonds is 4. The van der Waals surface area contributed by atoms with Gasteiger partial charge in [-0.1, -0.05) is 6.92 Å². The number of thiazole rings is 1. The summed E-state index contributed by atoms with van der Waals surface area (Å²) in [5.41, 5.74) is 2.20. The highest BCUT2D eigenvalue weighted by Crippen LogP contribution is 2.25. The molecule has 0 saturated heterocycles. The highest BCUT2D eigenvalue weighted by molar-refractivity contribution is 7.11. The molecule has 0 fully saturated rings. The molecule has 0 aliphatic rings. The SMILES string of the molecule is CCc1cnc(C(C)Nc2nnc(C)c(C)c2C#N)s1. The Bertz CT molecular complexity index is 656. The van der Waals surface area contributed by atoms with Crippen LogP contribution in [0.1, 0.15) is 46.6 Å². The van der Waals surface area contributed by atoms with Gasteiger partial charge in [0.2, 0.25) is 0 Å². The standard InChI is InChI=1S/C14H17N5S/c1-5-11-7-16-14(20-11)10(4)17-13-12(6-15)8(2)9(3)18-19-13/h7,10H,5H2,1-4H3,(H,17,19). The van der Waals surface area contributed by atoms with Crippen LogP contribution in [-0.4, -0.2) is 15.2 Å². The van der Waals surface area contributed by atoms with Crippen LogP contribution in [0.25, 0.3) is 0 Å². The van der Waals surface area contributed by atoms with Crippen LogP contribution >= 0.6 is 11.3 Å². The van der Waals surface area contributed by atoms with Crippen molar-refractivity contribution >= 4 is 17.2 Å². The third kappa shape index (κ3) is 2.78. The quantitative estimate of drug-likeness (QED) is 0.935. The molecule has 2 rings (SSSR count). The Labute approximate surface area is 122 Å². The molecule has 0 aliphatic heterocycles. The fourth-order valence-electron chi connectivity index (χ4n) is 1.80. The van der Waals surface area contributed by atoms with Crippen molar-refractivity contribution in [2.45, 2.75) is 40.2 Å². The third-order valence-corrected chi connectivity index (χ3v) is 4.53. The van der Waals surface area contributed by atoms with Crippen molar-refractivity contribution < 1.29 is 0 Å². The molecule has 104 valence electrons. The Morgan fingerprint density at radius 3 is 2.75 bits per heavy atom. The van der Waals surface area contributed by atoms with Gasteiger partial charge in [-0.15, -0.1) is 16.4 Å². The van der Waals surface area contributed by atoms with Crippen molar-refractivity contribution in [1.29, 1.82) is 5.26 Å². The van der Waals surface area contributed by atoms with Crippen LogP contribution in [0.3, 0.4) is 0 Å². The first kappa shape index (κ1) is 14.4. The minimum absolute atomic E-state index is 0.00352. The summed E-state index contributed by atoms with van der Waals surface area (Å²) in [7, 11) is 0. The van der Waals surface area contributed by atoms with Crippen LogP contribution in [0.4, 0.5) is 5.82 Å². The van der Waals surface area contributed by atoms with E-state index in [0.29, 0.717) is 11.4 Å². The normalized spacial score (nSPS) is 11.9. The lowest BCUT2D eigenvalue weighted by Crippen LogP contribution is -2.11. The van der Waals surface area contributed by atoms with Gasteiger partial charge in [-0.3, -0.25) is 0 Å². The van der Waals surface area contributed by atoms with E-state index in [1.54, 1.807) is 11.3 Å². The van der Waals surface area contributed by atoms with Gasteiger partial charge >= 0.3 is 0 Å². The Morgan fingerprint density at radius 2 is 2.15 bits per heavy atom. The average Bonchev–Trinajstić information content (AvgIpc) is 2.92. The van der Waals surface area contributed by atoms with Gasteiger partial charge in [-0.05, 0) is 32.8 Å². The molecule has 0 radical (unpaired) electrons. The van der Waals surface area contributed by atoms with E-state index in [2.05, 4.69) is 33.5 Å². The number of anilines is 1. The van der Waals surface area contributed by atoms with Crippen molar-refractivity contribution in [2.24, 2.45) is 0 Å². The van der Waals surface area contributed by atoms with Crippen LogP contribution in [-0.2, 0) is 6.42 Å². The minimum atomic E-state index is 0.00352. The number of hydrogen-bond donors (Lipinski definition) is 1. The topological polar surface area (TPSA) is 74.5 Å². The van der Waals surface area contributed by atoms with Gasteiger partial charge in [0.15, 0.2) is 5.82 Å². The molecular weight excluding hydrogens is 270 g/mol. The monoisotopic (exact) mass is 287 g/mol. The summed E-state index contributed by atoms with van der Waals surface area (Å²) < 4.78 is 0. The Morgan fingerprint density at radius 1 is 1.40 bits per heavy atom. The largest absolute Gasteiger partial charge is 0.359 e. The smallest absolute Gasteiger partial charge is 0.167 e. The molecule has 1 N–H and O–H groups in total. The summed E-state index contributed by atoms with van der Waals surface area (Å²) in [6, 6.07) is 2.20. The molecule has 6 heteroatoms. The first-order valence-electron chi connectivity index (χ1n) is 6.51. The van der Waals surface area contributed by atoms with Gasteiger partial charge < -0.3 is 5.32 Å². The first-order chi connectivity index (χ1) is 9.56. The zero-order valence-corrected chi connectivity index (χ0v) is 12.9. The zero-order chi connectivity index (χ0) is 14.7. The second kappa shape index (κ2) is 5.97. The van der Waals surface area contributed by atoms with Gasteiger partial charge in [-0.25, -0.2) is 4.98 Å². The second-order valence-corrected chi connectivity index (χ2v) is 5.78. The average molecular weight is 287 g/mol. The summed E-state index contributed by atoms with van der Waals surface area (Å²) in [6.45, 7) is 7.86. The molecule has 0 saturated carbocycles. The third-order valence-electron chi connectivity index (χ3n) is 3.21. The lowest BCUT2D eigenvalue weighted by Gasteiger charge is -2.14. The zero-order valence-electron chi connectivity index (χ0n) is 12.1. The molecular formula is C14H17N5S. The number of hydrogen-bond acceptors (Lipinski definition) is 6. The molecule has 2 aromatic rings. The van der Waals surface area contributed by atoms with Crippen molar-refractivity contribution in [3.8, 4) is 6.07 Å². The first-order valence-corrected chi connectivity index (χ1v) is 7.33. The molecule has 2 heterocycles. The second-order valence-electron chi connectivity index (χ2n) is 4.63. The fraction of sp³-hybridized carbons (Fsp3) is 0.429. The lowest BCUT2D eigenvalue weighted by molar-refractivity contribution is 0.839. The molecule has 1 atom stereocenters. The molecule has 20 heavy (non-hydrogen) atoms. The van der Waals surface area contributed by atoms with Crippen molar-refractivity contribution in [1.82, 2.24) is 15.2 Å². The molecule has 1 unspecified atom stereocenters. The van der Waals surface area contributed by atoms with E-state index in [1.165, 1.54) is 4.88 Å². The van der Waals surface area contributed by atoms with E-state index >= 15 is 0 Å². The van der Waals surface area contributed by atoms with E-state index in [1.807, 2.05) is 27.0 Å². The van der Waals surface area contributed by atoms with Crippen molar-refractivity contribution in [3.63, 3.8) is 0 Å². The minimum Gasteiger partial charge on any atom is -0.359 e. The van der Waals surface area contributed by atoms with Gasteiger partial charge in [0.1, 0.15) is 16.6 Å². The summed E-state index contributed by atoms with van der Waals surface area (Å²) in [6.07, 6.45) is 2.88. The van der Waals surface area contributed by atoms with Crippen molar-refractivity contribution in [2.75, 3.05) is 5.32 Å². The summed E-state index contributed by atoms with van der Waals surface area (Å²) in [5.74, 6) is 0.524.